The summed E-state index contributed by atoms with van der Waals surface area (Å²) in [5.74, 6) is 0.931. The molecule has 0 aliphatic heterocycles. The number of hydrogen-bond acceptors (Lipinski definition) is 5. The van der Waals surface area contributed by atoms with Crippen molar-refractivity contribution in [2.75, 3.05) is 31.6 Å². The van der Waals surface area contributed by atoms with Gasteiger partial charge in [0.1, 0.15) is 12.1 Å². The van der Waals surface area contributed by atoms with Crippen molar-refractivity contribution in [3.8, 4) is 0 Å². The first-order valence-corrected chi connectivity index (χ1v) is 5.78. The molecule has 6 nitrogen and oxygen atoms in total. The van der Waals surface area contributed by atoms with Gasteiger partial charge in [0.2, 0.25) is 0 Å². The van der Waals surface area contributed by atoms with Crippen molar-refractivity contribution in [2.24, 2.45) is 7.05 Å². The van der Waals surface area contributed by atoms with Crippen molar-refractivity contribution in [1.82, 2.24) is 25.1 Å². The predicted molar refractivity (Wildman–Crippen MR) is 68.1 cm³/mol. The van der Waals surface area contributed by atoms with Crippen LogP contribution in [0.4, 0.5) is 5.82 Å². The molecule has 0 saturated heterocycles. The van der Waals surface area contributed by atoms with Crippen molar-refractivity contribution in [3.63, 3.8) is 0 Å². The fraction of sp³-hybridized carbons (Fsp3) is 0.545. The van der Waals surface area contributed by atoms with Crippen LogP contribution in [-0.2, 0) is 7.05 Å². The molecule has 2 rings (SSSR count). The largest absolute Gasteiger partial charge is 0.358 e. The summed E-state index contributed by atoms with van der Waals surface area (Å²) >= 11 is 0. The molecule has 2 heterocycles. The Bertz CT molecular complexity index is 492. The second kappa shape index (κ2) is 5.09. The van der Waals surface area contributed by atoms with Crippen molar-refractivity contribution < 1.29 is 0 Å². The van der Waals surface area contributed by atoms with E-state index < -0.39 is 0 Å². The van der Waals surface area contributed by atoms with E-state index in [9.17, 15) is 0 Å². The van der Waals surface area contributed by atoms with E-state index in [0.717, 1.165) is 36.5 Å². The van der Waals surface area contributed by atoms with Crippen LogP contribution in [0.5, 0.6) is 0 Å². The molecule has 0 fully saturated rings. The standard InChI is InChI=1S/C11H18N6/c1-4-12-5-6-16(2)10-9-7-15-17(3)11(9)14-8-13-10/h7-8,12H,4-6H2,1-3H3. The van der Waals surface area contributed by atoms with E-state index in [-0.39, 0.29) is 0 Å². The first kappa shape index (κ1) is 11.8. The Morgan fingerprint density at radius 3 is 3.00 bits per heavy atom. The highest BCUT2D eigenvalue weighted by Gasteiger charge is 2.10. The molecule has 0 aliphatic rings. The van der Waals surface area contributed by atoms with Crippen LogP contribution in [0.15, 0.2) is 12.5 Å². The van der Waals surface area contributed by atoms with Gasteiger partial charge in [-0.2, -0.15) is 5.10 Å². The van der Waals surface area contributed by atoms with Gasteiger partial charge in [0.25, 0.3) is 0 Å². The lowest BCUT2D eigenvalue weighted by atomic mass is 10.3. The first-order chi connectivity index (χ1) is 8.24. The van der Waals surface area contributed by atoms with Gasteiger partial charge in [-0.1, -0.05) is 6.92 Å². The maximum absolute atomic E-state index is 4.33. The number of nitrogens with zero attached hydrogens (tertiary/aromatic N) is 5. The minimum absolute atomic E-state index is 0.866. The summed E-state index contributed by atoms with van der Waals surface area (Å²) < 4.78 is 1.76. The van der Waals surface area contributed by atoms with E-state index in [4.69, 9.17) is 0 Å². The average molecular weight is 234 g/mol. The molecule has 6 heteroatoms. The van der Waals surface area contributed by atoms with E-state index in [2.05, 4.69) is 32.2 Å². The lowest BCUT2D eigenvalue weighted by molar-refractivity contribution is 0.703. The lowest BCUT2D eigenvalue weighted by Crippen LogP contribution is -2.29. The Morgan fingerprint density at radius 1 is 1.41 bits per heavy atom. The van der Waals surface area contributed by atoms with E-state index in [1.807, 2.05) is 20.3 Å². The maximum Gasteiger partial charge on any atom is 0.163 e. The minimum atomic E-state index is 0.866. The quantitative estimate of drug-likeness (QED) is 0.759. The zero-order valence-electron chi connectivity index (χ0n) is 10.5. The van der Waals surface area contributed by atoms with E-state index in [1.165, 1.54) is 0 Å². The van der Waals surface area contributed by atoms with Gasteiger partial charge in [-0.25, -0.2) is 9.97 Å². The second-order valence-electron chi connectivity index (χ2n) is 3.98. The fourth-order valence-electron chi connectivity index (χ4n) is 1.78. The molecule has 0 radical (unpaired) electrons. The van der Waals surface area contributed by atoms with Crippen molar-refractivity contribution in [2.45, 2.75) is 6.92 Å². The molecule has 17 heavy (non-hydrogen) atoms. The average Bonchev–Trinajstić information content (AvgIpc) is 2.71. The number of aryl methyl sites for hydroxylation is 1. The van der Waals surface area contributed by atoms with Gasteiger partial charge in [-0.3, -0.25) is 4.68 Å². The number of likely N-dealkylation sites (N-methyl/N-ethyl adjacent to an activating group) is 2. The van der Waals surface area contributed by atoms with Crippen molar-refractivity contribution >= 4 is 16.9 Å². The summed E-state index contributed by atoms with van der Waals surface area (Å²) in [6.45, 7) is 4.94. The highest BCUT2D eigenvalue weighted by molar-refractivity contribution is 5.86. The molecule has 0 unspecified atom stereocenters. The zero-order chi connectivity index (χ0) is 12.3. The Morgan fingerprint density at radius 2 is 2.24 bits per heavy atom. The predicted octanol–water partition coefficient (Wildman–Crippen LogP) is 0.409. The van der Waals surface area contributed by atoms with E-state index >= 15 is 0 Å². The zero-order valence-corrected chi connectivity index (χ0v) is 10.5. The molecule has 2 aromatic heterocycles. The third-order valence-corrected chi connectivity index (χ3v) is 2.74. The van der Waals surface area contributed by atoms with Gasteiger partial charge in [0, 0.05) is 27.2 Å². The molecular formula is C11H18N6. The summed E-state index contributed by atoms with van der Waals surface area (Å²) in [6.07, 6.45) is 3.40. The van der Waals surface area contributed by atoms with Crippen LogP contribution in [0, 0.1) is 0 Å². The normalized spacial score (nSPS) is 11.0. The molecule has 92 valence electrons. The van der Waals surface area contributed by atoms with Crippen LogP contribution in [0.3, 0.4) is 0 Å². The highest BCUT2D eigenvalue weighted by Crippen LogP contribution is 2.20. The summed E-state index contributed by atoms with van der Waals surface area (Å²) in [6, 6.07) is 0. The maximum atomic E-state index is 4.33. The van der Waals surface area contributed by atoms with Crippen LogP contribution in [0.25, 0.3) is 11.0 Å². The van der Waals surface area contributed by atoms with Gasteiger partial charge >= 0.3 is 0 Å². The Hall–Kier alpha value is -1.69. The molecule has 0 bridgehead atoms. The number of fused-ring (bicyclic) bond motifs is 1. The first-order valence-electron chi connectivity index (χ1n) is 5.78. The molecule has 0 aliphatic carbocycles. The number of hydrogen-bond donors (Lipinski definition) is 1. The minimum Gasteiger partial charge on any atom is -0.358 e. The van der Waals surface area contributed by atoms with Crippen LogP contribution >= 0.6 is 0 Å². The van der Waals surface area contributed by atoms with Crippen LogP contribution < -0.4 is 10.2 Å². The molecule has 2 aromatic rings. The number of rotatable bonds is 5. The number of nitrogens with one attached hydrogen (secondary N) is 1. The molecular weight excluding hydrogens is 216 g/mol. The van der Waals surface area contributed by atoms with Gasteiger partial charge < -0.3 is 10.2 Å². The van der Waals surface area contributed by atoms with Crippen LogP contribution in [0.2, 0.25) is 0 Å². The molecule has 1 N–H and O–H groups in total. The number of aromatic nitrogens is 4. The Labute approximate surface area is 101 Å². The van der Waals surface area contributed by atoms with Gasteiger partial charge in [-0.05, 0) is 6.54 Å². The van der Waals surface area contributed by atoms with Gasteiger partial charge in [-0.15, -0.1) is 0 Å². The molecule has 0 amide bonds. The lowest BCUT2D eigenvalue weighted by Gasteiger charge is -2.18. The third kappa shape index (κ3) is 2.36. The molecule has 0 aromatic carbocycles. The third-order valence-electron chi connectivity index (χ3n) is 2.74. The van der Waals surface area contributed by atoms with Crippen LogP contribution in [0.1, 0.15) is 6.92 Å². The Kier molecular flexibility index (Phi) is 3.53. The summed E-state index contributed by atoms with van der Waals surface area (Å²) in [7, 11) is 3.92. The summed E-state index contributed by atoms with van der Waals surface area (Å²) in [5.41, 5.74) is 0.866. The second-order valence-corrected chi connectivity index (χ2v) is 3.98. The molecule has 0 atom stereocenters. The Balaban J connectivity index is 2.22. The fourth-order valence-corrected chi connectivity index (χ4v) is 1.78. The highest BCUT2D eigenvalue weighted by atomic mass is 15.3. The van der Waals surface area contributed by atoms with Gasteiger partial charge in [0.15, 0.2) is 5.65 Å². The molecule has 0 saturated carbocycles. The summed E-state index contributed by atoms with van der Waals surface area (Å²) in [5, 5.41) is 8.50. The smallest absolute Gasteiger partial charge is 0.163 e. The topological polar surface area (TPSA) is 58.9 Å². The number of anilines is 1. The van der Waals surface area contributed by atoms with E-state index in [1.54, 1.807) is 11.0 Å². The van der Waals surface area contributed by atoms with Crippen molar-refractivity contribution in [3.05, 3.63) is 12.5 Å². The van der Waals surface area contributed by atoms with Crippen molar-refractivity contribution in [1.29, 1.82) is 0 Å². The van der Waals surface area contributed by atoms with Crippen LogP contribution in [-0.4, -0.2) is 46.4 Å². The van der Waals surface area contributed by atoms with Gasteiger partial charge in [0.05, 0.1) is 11.6 Å². The molecule has 0 spiro atoms. The monoisotopic (exact) mass is 234 g/mol. The summed E-state index contributed by atoms with van der Waals surface area (Å²) in [4.78, 5) is 10.7. The SMILES string of the molecule is CCNCCN(C)c1ncnc2c1cnn2C. The van der Waals surface area contributed by atoms with E-state index in [0.29, 0.717) is 0 Å².